The Morgan fingerprint density at radius 1 is 1.24 bits per heavy atom. The number of nitro groups is 1. The Kier molecular flexibility index (Phi) is 11.7. The van der Waals surface area contributed by atoms with Crippen molar-refractivity contribution >= 4 is 33.4 Å². The van der Waals surface area contributed by atoms with Gasteiger partial charge < -0.3 is 0 Å². The van der Waals surface area contributed by atoms with E-state index in [9.17, 15) is 10.1 Å². The van der Waals surface area contributed by atoms with E-state index in [1.165, 1.54) is 11.8 Å². The Morgan fingerprint density at radius 3 is 2.06 bits per heavy atom. The zero-order valence-corrected chi connectivity index (χ0v) is 13.6. The lowest BCUT2D eigenvalue weighted by Gasteiger charge is -2.02. The Morgan fingerprint density at radius 2 is 1.71 bits per heavy atom. The van der Waals surface area contributed by atoms with Crippen molar-refractivity contribution in [1.29, 1.82) is 0 Å². The number of hydrogen-bond donors (Lipinski definition) is 0. The molecule has 0 fully saturated rings. The molecule has 0 aliphatic carbocycles. The number of hydrogen-bond acceptors (Lipinski definition) is 3. The zero-order chi connectivity index (χ0) is 14.0. The first-order valence-electron chi connectivity index (χ1n) is 5.54. The zero-order valence-electron chi connectivity index (χ0n) is 11.2. The molecule has 0 aliphatic rings. The van der Waals surface area contributed by atoms with Crippen LogP contribution >= 0.6 is 27.7 Å². The van der Waals surface area contributed by atoms with Crippen LogP contribution in [0, 0.1) is 17.0 Å². The molecule has 0 radical (unpaired) electrons. The predicted octanol–water partition coefficient (Wildman–Crippen LogP) is 5.44. The molecule has 0 saturated carbocycles. The van der Waals surface area contributed by atoms with Crippen molar-refractivity contribution in [3.05, 3.63) is 32.3 Å². The maximum Gasteiger partial charge on any atom is 0.274 e. The third-order valence-corrected chi connectivity index (χ3v) is 3.25. The average molecular weight is 322 g/mol. The molecule has 3 nitrogen and oxygen atoms in total. The van der Waals surface area contributed by atoms with Gasteiger partial charge in [0.25, 0.3) is 5.69 Å². The normalized spacial score (nSPS) is 8.41. The molecule has 1 aromatic rings. The van der Waals surface area contributed by atoms with Crippen LogP contribution in [0.25, 0.3) is 0 Å². The lowest BCUT2D eigenvalue weighted by atomic mass is 10.2. The summed E-state index contributed by atoms with van der Waals surface area (Å²) in [5, 5.41) is 10.6. The molecule has 0 unspecified atom stereocenters. The van der Waals surface area contributed by atoms with Gasteiger partial charge >= 0.3 is 0 Å². The molecule has 0 saturated heterocycles. The van der Waals surface area contributed by atoms with Gasteiger partial charge in [-0.3, -0.25) is 10.1 Å². The number of rotatable bonds is 2. The molecular weight excluding hydrogens is 302 g/mol. The van der Waals surface area contributed by atoms with Crippen molar-refractivity contribution in [3.8, 4) is 0 Å². The van der Waals surface area contributed by atoms with Crippen molar-refractivity contribution in [2.24, 2.45) is 0 Å². The van der Waals surface area contributed by atoms with Gasteiger partial charge in [-0.15, -0.1) is 11.8 Å². The van der Waals surface area contributed by atoms with Gasteiger partial charge in [-0.25, -0.2) is 0 Å². The SMILES string of the molecule is CC.CC.CSc1cc(Br)c(C)c([N+](=O)[O-])c1. The molecule has 0 heterocycles. The van der Waals surface area contributed by atoms with Crippen LogP contribution in [0.4, 0.5) is 5.69 Å². The van der Waals surface area contributed by atoms with Crippen LogP contribution in [0.5, 0.6) is 0 Å². The summed E-state index contributed by atoms with van der Waals surface area (Å²) in [6.45, 7) is 9.73. The summed E-state index contributed by atoms with van der Waals surface area (Å²) >= 11 is 4.78. The van der Waals surface area contributed by atoms with Gasteiger partial charge in [-0.1, -0.05) is 43.6 Å². The number of benzene rings is 1. The summed E-state index contributed by atoms with van der Waals surface area (Å²) in [4.78, 5) is 11.1. The molecule has 5 heteroatoms. The second-order valence-electron chi connectivity index (χ2n) is 2.51. The fourth-order valence-electron chi connectivity index (χ4n) is 0.948. The summed E-state index contributed by atoms with van der Waals surface area (Å²) in [6, 6.07) is 3.47. The van der Waals surface area contributed by atoms with Gasteiger partial charge in [0, 0.05) is 21.0 Å². The highest BCUT2D eigenvalue weighted by atomic mass is 79.9. The minimum absolute atomic E-state index is 0.165. The monoisotopic (exact) mass is 321 g/mol. The van der Waals surface area contributed by atoms with E-state index in [1.54, 1.807) is 13.0 Å². The fourth-order valence-corrected chi connectivity index (χ4v) is 2.01. The highest BCUT2D eigenvalue weighted by Crippen LogP contribution is 2.31. The van der Waals surface area contributed by atoms with Crippen LogP contribution < -0.4 is 0 Å². The topological polar surface area (TPSA) is 43.1 Å². The Balaban J connectivity index is 0. The molecule has 0 spiro atoms. The third kappa shape index (κ3) is 6.07. The highest BCUT2D eigenvalue weighted by molar-refractivity contribution is 9.10. The van der Waals surface area contributed by atoms with Crippen LogP contribution in [-0.4, -0.2) is 11.2 Å². The van der Waals surface area contributed by atoms with E-state index in [0.717, 1.165) is 9.37 Å². The maximum atomic E-state index is 10.6. The summed E-state index contributed by atoms with van der Waals surface area (Å²) < 4.78 is 0.783. The van der Waals surface area contributed by atoms with Crippen molar-refractivity contribution in [1.82, 2.24) is 0 Å². The van der Waals surface area contributed by atoms with Crippen LogP contribution in [0.3, 0.4) is 0 Å². The highest BCUT2D eigenvalue weighted by Gasteiger charge is 2.14. The first kappa shape index (κ1) is 18.8. The smallest absolute Gasteiger partial charge is 0.258 e. The van der Waals surface area contributed by atoms with Gasteiger partial charge in [0.1, 0.15) is 0 Å². The summed E-state index contributed by atoms with van der Waals surface area (Å²) in [6.07, 6.45) is 1.89. The first-order chi connectivity index (χ1) is 8.06. The average Bonchev–Trinajstić information content (AvgIpc) is 2.37. The molecule has 0 bridgehead atoms. The molecule has 1 aromatic carbocycles. The van der Waals surface area contributed by atoms with Crippen molar-refractivity contribution in [2.75, 3.05) is 6.26 Å². The molecule has 0 amide bonds. The van der Waals surface area contributed by atoms with Gasteiger partial charge in [0.05, 0.1) is 4.92 Å². The molecule has 98 valence electrons. The molecule has 0 N–H and O–H groups in total. The third-order valence-electron chi connectivity index (χ3n) is 1.72. The Bertz CT molecular complexity index is 357. The second-order valence-corrected chi connectivity index (χ2v) is 4.24. The van der Waals surface area contributed by atoms with Gasteiger partial charge in [0.15, 0.2) is 0 Å². The van der Waals surface area contributed by atoms with E-state index >= 15 is 0 Å². The molecule has 17 heavy (non-hydrogen) atoms. The minimum Gasteiger partial charge on any atom is -0.258 e. The van der Waals surface area contributed by atoms with E-state index in [1.807, 2.05) is 40.0 Å². The largest absolute Gasteiger partial charge is 0.274 e. The summed E-state index contributed by atoms with van der Waals surface area (Å²) in [5.74, 6) is 0. The van der Waals surface area contributed by atoms with Crippen LogP contribution in [0.1, 0.15) is 33.3 Å². The van der Waals surface area contributed by atoms with Gasteiger partial charge in [-0.2, -0.15) is 0 Å². The number of nitrogens with zero attached hydrogens (tertiary/aromatic N) is 1. The van der Waals surface area contributed by atoms with E-state index in [0.29, 0.717) is 5.56 Å². The standard InChI is InChI=1S/C8H8BrNO2S.2C2H6/c1-5-7(9)3-6(13-2)4-8(5)10(11)12;2*1-2/h3-4H,1-2H3;2*1-2H3. The van der Waals surface area contributed by atoms with Crippen LogP contribution in [-0.2, 0) is 0 Å². The first-order valence-corrected chi connectivity index (χ1v) is 7.56. The molecule has 0 atom stereocenters. The van der Waals surface area contributed by atoms with Crippen LogP contribution in [0.15, 0.2) is 21.5 Å². The van der Waals surface area contributed by atoms with E-state index in [-0.39, 0.29) is 10.6 Å². The van der Waals surface area contributed by atoms with Crippen molar-refractivity contribution in [2.45, 2.75) is 39.5 Å². The summed E-state index contributed by atoms with van der Waals surface area (Å²) in [5.41, 5.74) is 0.835. The number of nitro benzene ring substituents is 1. The van der Waals surface area contributed by atoms with Gasteiger partial charge in [0.2, 0.25) is 0 Å². The fraction of sp³-hybridized carbons (Fsp3) is 0.500. The van der Waals surface area contributed by atoms with Gasteiger partial charge in [-0.05, 0) is 19.2 Å². The number of thioether (sulfide) groups is 1. The number of halogens is 1. The molecule has 0 aromatic heterocycles. The molecule has 1 rings (SSSR count). The van der Waals surface area contributed by atoms with Crippen molar-refractivity contribution in [3.63, 3.8) is 0 Å². The van der Waals surface area contributed by atoms with E-state index < -0.39 is 0 Å². The summed E-state index contributed by atoms with van der Waals surface area (Å²) in [7, 11) is 0. The predicted molar refractivity (Wildman–Crippen MR) is 80.0 cm³/mol. The van der Waals surface area contributed by atoms with E-state index in [4.69, 9.17) is 0 Å². The Labute approximate surface area is 116 Å². The van der Waals surface area contributed by atoms with Crippen LogP contribution in [0.2, 0.25) is 0 Å². The minimum atomic E-state index is -0.361. The maximum absolute atomic E-state index is 10.6. The molecule has 0 aliphatic heterocycles. The van der Waals surface area contributed by atoms with E-state index in [2.05, 4.69) is 15.9 Å². The second kappa shape index (κ2) is 10.6. The lowest BCUT2D eigenvalue weighted by Crippen LogP contribution is -1.92. The lowest BCUT2D eigenvalue weighted by molar-refractivity contribution is -0.385. The van der Waals surface area contributed by atoms with Crippen molar-refractivity contribution < 1.29 is 4.92 Å². The quantitative estimate of drug-likeness (QED) is 0.414. The Hall–Kier alpha value is -0.550. The molecular formula is C12H20BrNO2S.